The highest BCUT2D eigenvalue weighted by molar-refractivity contribution is 7.92. The largest absolute Gasteiger partial charge is 0.453 e. The predicted octanol–water partition coefficient (Wildman–Crippen LogP) is 20.4. The molecule has 12 aromatic carbocycles. The van der Waals surface area contributed by atoms with Crippen molar-refractivity contribution in [2.24, 2.45) is 0 Å². The van der Waals surface area contributed by atoms with Crippen molar-refractivity contribution in [3.8, 4) is 45.3 Å². The zero-order valence-corrected chi connectivity index (χ0v) is 51.1. The quantitative estimate of drug-likeness (QED) is 0.169. The summed E-state index contributed by atoms with van der Waals surface area (Å²) in [6, 6.07) is 88.3. The first kappa shape index (κ1) is 53.6. The summed E-state index contributed by atoms with van der Waals surface area (Å²) < 4.78 is 67.9. The van der Waals surface area contributed by atoms with Crippen LogP contribution in [0, 0.1) is 0 Å². The summed E-state index contributed by atoms with van der Waals surface area (Å²) in [5.41, 5.74) is 18.9. The third-order valence-corrected chi connectivity index (χ3v) is 22.5. The highest BCUT2D eigenvalue weighted by Gasteiger charge is 2.42. The maximum atomic E-state index is 14.0. The monoisotopic (exact) mass is 1210 g/mol. The SMILES string of the molecule is CC1(C)c2ccccc2N(c2ccc3c(c2)-c2cc(N4c5ccccc5C(C)(C)c5ccccc54)ccc2S3(=O)=O)c2ccccc21.O=S1(=O)c2ccc(N3c4ccccc4Oc4ccccc43)cc2-c2cc(N3c4ccccc4Oc4ccccc43)ccc21. The molecule has 0 aliphatic carbocycles. The number of hydrogen-bond acceptors (Lipinski definition) is 10. The van der Waals surface area contributed by atoms with Gasteiger partial charge in [0.1, 0.15) is 0 Å². The molecule has 18 rings (SSSR count). The van der Waals surface area contributed by atoms with Crippen molar-refractivity contribution in [3.63, 3.8) is 0 Å². The van der Waals surface area contributed by atoms with Crippen LogP contribution in [0.1, 0.15) is 49.9 Å². The van der Waals surface area contributed by atoms with E-state index in [0.717, 1.165) is 102 Å². The smallest absolute Gasteiger partial charge is 0.207 e. The maximum absolute atomic E-state index is 14.0. The van der Waals surface area contributed by atoms with Crippen molar-refractivity contribution in [2.45, 2.75) is 58.1 Å². The molecule has 6 aliphatic heterocycles. The lowest BCUT2D eigenvalue weighted by Crippen LogP contribution is -2.30. The molecule has 0 saturated heterocycles. The number of ether oxygens (including phenoxy) is 2. The number of para-hydroxylation sites is 12. The van der Waals surface area contributed by atoms with E-state index in [0.29, 0.717) is 30.7 Å². The van der Waals surface area contributed by atoms with Crippen molar-refractivity contribution in [2.75, 3.05) is 19.6 Å². The van der Waals surface area contributed by atoms with Crippen LogP contribution in [-0.4, -0.2) is 16.8 Å². The minimum atomic E-state index is -3.69. The Morgan fingerprint density at radius 3 is 0.700 bits per heavy atom. The van der Waals surface area contributed by atoms with Crippen molar-refractivity contribution in [1.29, 1.82) is 0 Å². The average Bonchev–Trinajstić information content (AvgIpc) is 1.17. The summed E-state index contributed by atoms with van der Waals surface area (Å²) in [5, 5.41) is 0. The number of hydrogen-bond donors (Lipinski definition) is 0. The molecule has 0 amide bonds. The van der Waals surface area contributed by atoms with E-state index in [4.69, 9.17) is 9.47 Å². The van der Waals surface area contributed by atoms with Crippen molar-refractivity contribution >= 4 is 87.9 Å². The molecule has 0 N–H and O–H groups in total. The molecule has 0 atom stereocenters. The second-order valence-corrected chi connectivity index (χ2v) is 28.2. The topological polar surface area (TPSA) is 99.7 Å². The fraction of sp³-hybridized carbons (Fsp3) is 0.0769. The number of rotatable bonds is 4. The normalized spacial score (nSPS) is 16.0. The molecular weight excluding hydrogens is 1150 g/mol. The van der Waals surface area contributed by atoms with Crippen LogP contribution >= 0.6 is 0 Å². The van der Waals surface area contributed by atoms with Gasteiger partial charge < -0.3 is 29.1 Å². The lowest BCUT2D eigenvalue weighted by molar-refractivity contribution is 0.476. The number of anilines is 12. The van der Waals surface area contributed by atoms with Crippen LogP contribution in [-0.2, 0) is 30.5 Å². The first-order chi connectivity index (χ1) is 43.7. The van der Waals surface area contributed by atoms with Gasteiger partial charge in [0.15, 0.2) is 23.0 Å². The first-order valence-electron chi connectivity index (χ1n) is 30.1. The molecule has 12 heteroatoms. The molecule has 436 valence electrons. The van der Waals surface area contributed by atoms with Crippen molar-refractivity contribution < 1.29 is 26.3 Å². The third-order valence-electron chi connectivity index (χ3n) is 18.8. The second-order valence-electron chi connectivity index (χ2n) is 24.5. The Morgan fingerprint density at radius 1 is 0.256 bits per heavy atom. The van der Waals surface area contributed by atoms with E-state index in [-0.39, 0.29) is 10.8 Å². The van der Waals surface area contributed by atoms with Crippen LogP contribution in [0.25, 0.3) is 22.3 Å². The van der Waals surface area contributed by atoms with E-state index in [1.54, 1.807) is 24.3 Å². The Kier molecular flexibility index (Phi) is 11.6. The second kappa shape index (κ2) is 19.4. The van der Waals surface area contributed by atoms with E-state index in [1.165, 1.54) is 22.3 Å². The van der Waals surface area contributed by atoms with E-state index in [9.17, 15) is 16.8 Å². The third kappa shape index (κ3) is 7.74. The van der Waals surface area contributed by atoms with Crippen LogP contribution in [0.2, 0.25) is 0 Å². The fourth-order valence-corrected chi connectivity index (χ4v) is 17.8. The molecular formula is C78H56N4O6S2. The summed E-state index contributed by atoms with van der Waals surface area (Å²) in [5.74, 6) is 2.95. The highest BCUT2D eigenvalue weighted by Crippen LogP contribution is 2.59. The Hall–Kier alpha value is -10.7. The van der Waals surface area contributed by atoms with Crippen LogP contribution in [0.5, 0.6) is 23.0 Å². The highest BCUT2D eigenvalue weighted by atomic mass is 32.2. The summed E-state index contributed by atoms with van der Waals surface area (Å²) >= 11 is 0. The molecule has 0 radical (unpaired) electrons. The van der Waals surface area contributed by atoms with Gasteiger partial charge in [-0.05, 0) is 168 Å². The van der Waals surface area contributed by atoms with Crippen molar-refractivity contribution in [3.05, 3.63) is 289 Å². The van der Waals surface area contributed by atoms with Crippen LogP contribution in [0.15, 0.2) is 287 Å². The van der Waals surface area contributed by atoms with E-state index >= 15 is 0 Å². The molecule has 0 fully saturated rings. The summed E-state index contributed by atoms with van der Waals surface area (Å²) in [6.45, 7) is 9.08. The zero-order chi connectivity index (χ0) is 61.0. The zero-order valence-electron chi connectivity index (χ0n) is 49.5. The van der Waals surface area contributed by atoms with E-state index in [1.807, 2.05) is 133 Å². The van der Waals surface area contributed by atoms with Gasteiger partial charge in [-0.3, -0.25) is 0 Å². The Morgan fingerprint density at radius 2 is 0.456 bits per heavy atom. The Bertz CT molecular complexity index is 4810. The Balaban J connectivity index is 0.000000139. The fourth-order valence-electron chi connectivity index (χ4n) is 14.5. The Labute approximate surface area is 523 Å². The molecule has 0 unspecified atom stereocenters. The van der Waals surface area contributed by atoms with Gasteiger partial charge in [0.2, 0.25) is 19.7 Å². The molecule has 0 spiro atoms. The van der Waals surface area contributed by atoms with Gasteiger partial charge in [0.05, 0.1) is 65.1 Å². The lowest BCUT2D eigenvalue weighted by atomic mass is 9.73. The molecule has 0 saturated carbocycles. The van der Waals surface area contributed by atoms with Gasteiger partial charge in [-0.15, -0.1) is 0 Å². The molecule has 10 nitrogen and oxygen atoms in total. The van der Waals surface area contributed by atoms with Gasteiger partial charge >= 0.3 is 0 Å². The lowest BCUT2D eigenvalue weighted by Gasteiger charge is -2.42. The predicted molar refractivity (Wildman–Crippen MR) is 358 cm³/mol. The minimum Gasteiger partial charge on any atom is -0.453 e. The van der Waals surface area contributed by atoms with Gasteiger partial charge in [-0.25, -0.2) is 16.8 Å². The molecule has 6 aliphatic rings. The van der Waals surface area contributed by atoms with Crippen molar-refractivity contribution in [1.82, 2.24) is 0 Å². The number of benzene rings is 12. The van der Waals surface area contributed by atoms with Gasteiger partial charge in [-0.1, -0.05) is 149 Å². The minimum absolute atomic E-state index is 0.180. The van der Waals surface area contributed by atoms with Crippen LogP contribution in [0.4, 0.5) is 68.2 Å². The average molecular weight is 1210 g/mol. The maximum Gasteiger partial charge on any atom is 0.207 e. The standard InChI is InChI=1S/C42H34N2O2S.C36H22N2O4S/c1-41(2)31-13-5-9-17-35(31)43(36-18-10-6-14-32(36)41)27-21-23-39-29(25-27)30-26-28(22-24-40(30)47(39,45)46)44-37-19-11-7-15-33(37)42(3,4)34-16-8-12-20-38(34)44;39-43(40)35-19-17-23(37-27-9-1-5-13-31(27)41-32-14-6-2-10-28(32)37)21-25(35)26-22-24(18-20-36(26)43)38-29-11-3-7-15-33(29)42-34-16-8-4-12-30(34)38/h5-26H,1-4H3;1-22H. The van der Waals surface area contributed by atoms with Gasteiger partial charge in [-0.2, -0.15) is 0 Å². The molecule has 90 heavy (non-hydrogen) atoms. The summed E-state index contributed by atoms with van der Waals surface area (Å²) in [7, 11) is -7.36. The number of nitrogens with zero attached hydrogens (tertiary/aromatic N) is 4. The van der Waals surface area contributed by atoms with Crippen LogP contribution in [0.3, 0.4) is 0 Å². The summed E-state index contributed by atoms with van der Waals surface area (Å²) in [4.78, 5) is 10.1. The molecule has 0 aromatic heterocycles. The molecule has 12 aromatic rings. The number of fused-ring (bicyclic) bond motifs is 14. The molecule has 6 heterocycles. The van der Waals surface area contributed by atoms with E-state index in [2.05, 4.69) is 156 Å². The first-order valence-corrected chi connectivity index (χ1v) is 33.0. The van der Waals surface area contributed by atoms with Crippen LogP contribution < -0.4 is 29.1 Å². The van der Waals surface area contributed by atoms with E-state index < -0.39 is 19.7 Å². The van der Waals surface area contributed by atoms with Gasteiger partial charge in [0.25, 0.3) is 0 Å². The molecule has 0 bridgehead atoms. The summed E-state index contributed by atoms with van der Waals surface area (Å²) in [6.07, 6.45) is 0. The van der Waals surface area contributed by atoms with Gasteiger partial charge in [0, 0.05) is 55.8 Å². The number of sulfone groups is 2.